The summed E-state index contributed by atoms with van der Waals surface area (Å²) in [6.07, 6.45) is 12.1. The van der Waals surface area contributed by atoms with Crippen LogP contribution in [0.2, 0.25) is 0 Å². The molecule has 0 aliphatic heterocycles. The number of carboxylic acids is 2. The Balaban J connectivity index is 0.000000177. The highest BCUT2D eigenvalue weighted by Crippen LogP contribution is 2.35. The zero-order valence-electron chi connectivity index (χ0n) is 29.2. The van der Waals surface area contributed by atoms with Gasteiger partial charge in [0.05, 0.1) is 15.8 Å². The van der Waals surface area contributed by atoms with Gasteiger partial charge in [-0.05, 0) is 71.7 Å². The number of non-ortho nitro benzene ring substituents is 1. The van der Waals surface area contributed by atoms with Gasteiger partial charge in [-0.25, -0.2) is 0 Å². The largest absolute Gasteiger partial charge is 0.480 e. The van der Waals surface area contributed by atoms with Crippen molar-refractivity contribution in [3.63, 3.8) is 0 Å². The first-order valence-corrected chi connectivity index (χ1v) is 19.3. The summed E-state index contributed by atoms with van der Waals surface area (Å²) < 4.78 is 5.92. The first-order valence-electron chi connectivity index (χ1n) is 15.7. The van der Waals surface area contributed by atoms with E-state index >= 15 is 0 Å². The number of nitrogens with zero attached hydrogens (tertiary/aromatic N) is 4. The molecule has 0 radical (unpaired) electrons. The van der Waals surface area contributed by atoms with Crippen LogP contribution < -0.4 is 11.5 Å². The Kier molecular flexibility index (Phi) is 13.3. The zero-order valence-corrected chi connectivity index (χ0v) is 31.6. The van der Waals surface area contributed by atoms with Gasteiger partial charge in [0, 0.05) is 89.7 Å². The van der Waals surface area contributed by atoms with E-state index in [2.05, 4.69) is 54.4 Å². The van der Waals surface area contributed by atoms with E-state index in [9.17, 15) is 19.7 Å². The van der Waals surface area contributed by atoms with Gasteiger partial charge in [-0.3, -0.25) is 19.7 Å². The topological polar surface area (TPSA) is 185 Å². The molecule has 0 amide bonds. The summed E-state index contributed by atoms with van der Waals surface area (Å²) >= 11 is 4.89. The third-order valence-electron chi connectivity index (χ3n) is 8.44. The summed E-state index contributed by atoms with van der Waals surface area (Å²) in [6.45, 7) is 0. The highest BCUT2D eigenvalue weighted by Gasteiger charge is 2.23. The monoisotopic (exact) mass is 750 g/mol. The van der Waals surface area contributed by atoms with Crippen LogP contribution in [-0.4, -0.2) is 71.6 Å². The number of aryl methyl sites for hydroxylation is 3. The van der Waals surface area contributed by atoms with Crippen molar-refractivity contribution in [1.29, 1.82) is 0 Å². The molecule has 0 saturated carbocycles. The second kappa shape index (κ2) is 17.2. The van der Waals surface area contributed by atoms with E-state index in [4.69, 9.17) is 21.7 Å². The predicted molar refractivity (Wildman–Crippen MR) is 209 cm³/mol. The van der Waals surface area contributed by atoms with Crippen molar-refractivity contribution in [3.8, 4) is 0 Å². The van der Waals surface area contributed by atoms with Crippen molar-refractivity contribution >= 4 is 85.6 Å². The molecule has 2 atom stereocenters. The number of nitro benzene ring substituents is 1. The number of nitrogens with two attached hydrogens (primary N) is 2. The maximum Gasteiger partial charge on any atom is 0.320 e. The number of carbonyl (C=O) groups is 2. The lowest BCUT2D eigenvalue weighted by molar-refractivity contribution is -0.383. The number of thioether (sulfide) groups is 3. The smallest absolute Gasteiger partial charge is 0.320 e. The van der Waals surface area contributed by atoms with Gasteiger partial charge in [0.15, 0.2) is 0 Å². The highest BCUT2D eigenvalue weighted by molar-refractivity contribution is 7.99. The molecular weight excluding hydrogens is 709 g/mol. The molecule has 12 nitrogen and oxygen atoms in total. The van der Waals surface area contributed by atoms with Crippen molar-refractivity contribution in [2.45, 2.75) is 39.6 Å². The van der Waals surface area contributed by atoms with E-state index < -0.39 is 28.9 Å². The Morgan fingerprint density at radius 3 is 1.80 bits per heavy atom. The van der Waals surface area contributed by atoms with E-state index in [-0.39, 0.29) is 12.1 Å². The minimum absolute atomic E-state index is 0.0231. The molecule has 0 saturated heterocycles. The second-order valence-corrected chi connectivity index (χ2v) is 14.5. The van der Waals surface area contributed by atoms with Crippen molar-refractivity contribution in [2.24, 2.45) is 32.6 Å². The Labute approximate surface area is 308 Å². The second-order valence-electron chi connectivity index (χ2n) is 11.9. The lowest BCUT2D eigenvalue weighted by Gasteiger charge is -2.06. The number of nitro groups is 1. The lowest BCUT2D eigenvalue weighted by atomic mass is 10.0. The van der Waals surface area contributed by atoms with Crippen LogP contribution in [0.25, 0.3) is 32.7 Å². The Morgan fingerprint density at radius 1 is 0.725 bits per heavy atom. The van der Waals surface area contributed by atoms with Crippen LogP contribution in [0.4, 0.5) is 5.69 Å². The number of aliphatic carboxylic acids is 2. The fraction of sp³-hybridized carbons (Fsp3) is 0.278. The fourth-order valence-electron chi connectivity index (χ4n) is 5.73. The standard InChI is InChI=1S/C13H15N3O4S.C13H16N2O2S.C10H11NS/c1-15-6-7(3-9(14)13(17)18)12-10(15)4-8(21-2)5-11(12)16(19)20;1-15-7-8(5-11(14)13(16)17)10-4-3-9(18-2)6-12(10)15;1-11-6-5-8-3-4-9(12-2)7-10(8)11/h4-6,9H,3,14H2,1-2H3,(H,17,18);3-4,6-7,11H,5,14H2,1-2H3,(H,16,17);3-7H,1-2H3. The van der Waals surface area contributed by atoms with E-state index in [1.54, 1.807) is 41.3 Å². The molecule has 6 N–H and O–H groups in total. The molecule has 6 aromatic rings. The third kappa shape index (κ3) is 9.28. The Morgan fingerprint density at radius 2 is 1.24 bits per heavy atom. The molecule has 15 heteroatoms. The van der Waals surface area contributed by atoms with Crippen molar-refractivity contribution in [1.82, 2.24) is 13.7 Å². The molecular formula is C36H42N6O6S3. The normalized spacial score (nSPS) is 12.2. The van der Waals surface area contributed by atoms with E-state index in [1.165, 1.54) is 38.5 Å². The molecule has 0 spiro atoms. The van der Waals surface area contributed by atoms with Gasteiger partial charge in [-0.1, -0.05) is 12.1 Å². The van der Waals surface area contributed by atoms with Crippen LogP contribution in [-0.2, 0) is 43.6 Å². The van der Waals surface area contributed by atoms with Gasteiger partial charge >= 0.3 is 11.9 Å². The van der Waals surface area contributed by atoms with E-state index in [0.717, 1.165) is 21.4 Å². The molecule has 51 heavy (non-hydrogen) atoms. The van der Waals surface area contributed by atoms with Crippen LogP contribution in [0, 0.1) is 10.1 Å². The first kappa shape index (κ1) is 39.4. The van der Waals surface area contributed by atoms with Crippen LogP contribution in [0.15, 0.2) is 87.9 Å². The number of hydrogen-bond acceptors (Lipinski definition) is 9. The first-order chi connectivity index (χ1) is 24.2. The number of carboxylic acid groups (broad SMARTS) is 2. The summed E-state index contributed by atoms with van der Waals surface area (Å²) in [5, 5.41) is 31.9. The quantitative estimate of drug-likeness (QED) is 0.0679. The minimum Gasteiger partial charge on any atom is -0.480 e. The summed E-state index contributed by atoms with van der Waals surface area (Å²) in [6, 6.07) is 16.3. The molecule has 0 bridgehead atoms. The van der Waals surface area contributed by atoms with Gasteiger partial charge in [-0.2, -0.15) is 0 Å². The van der Waals surface area contributed by atoms with Gasteiger partial charge in [0.2, 0.25) is 0 Å². The number of hydrogen-bond donors (Lipinski definition) is 4. The van der Waals surface area contributed by atoms with E-state index in [1.807, 2.05) is 48.5 Å². The van der Waals surface area contributed by atoms with E-state index in [0.29, 0.717) is 22.9 Å². The Hall–Kier alpha value is -4.41. The highest BCUT2D eigenvalue weighted by atomic mass is 32.2. The summed E-state index contributed by atoms with van der Waals surface area (Å²) in [4.78, 5) is 35.9. The molecule has 0 fully saturated rings. The minimum atomic E-state index is -1.13. The van der Waals surface area contributed by atoms with Crippen LogP contribution in [0.5, 0.6) is 0 Å². The van der Waals surface area contributed by atoms with Crippen molar-refractivity contribution in [3.05, 3.63) is 94.4 Å². The third-order valence-corrected chi connectivity index (χ3v) is 10.6. The SMILES string of the molecule is CSc1cc([N+](=O)[O-])c2c(CC(N)C(=O)O)cn(C)c2c1.CSc1ccc2c(CC(N)C(=O)O)cn(C)c2c1.CSc1ccc2ccn(C)c2c1. The van der Waals surface area contributed by atoms with Crippen LogP contribution in [0.3, 0.4) is 0 Å². The summed E-state index contributed by atoms with van der Waals surface area (Å²) in [5.74, 6) is -2.09. The Bertz CT molecular complexity index is 2210. The lowest BCUT2D eigenvalue weighted by Crippen LogP contribution is -2.32. The molecule has 0 aliphatic rings. The number of rotatable bonds is 10. The predicted octanol–water partition coefficient (Wildman–Crippen LogP) is 6.52. The van der Waals surface area contributed by atoms with Crippen LogP contribution >= 0.6 is 35.3 Å². The van der Waals surface area contributed by atoms with Gasteiger partial charge in [-0.15, -0.1) is 35.3 Å². The van der Waals surface area contributed by atoms with Crippen LogP contribution in [0.1, 0.15) is 11.1 Å². The number of fused-ring (bicyclic) bond motifs is 3. The number of aromatic nitrogens is 3. The molecule has 6 rings (SSSR count). The van der Waals surface area contributed by atoms with Gasteiger partial charge in [0.1, 0.15) is 12.1 Å². The average molecular weight is 751 g/mol. The van der Waals surface area contributed by atoms with Gasteiger partial charge < -0.3 is 35.4 Å². The maximum absolute atomic E-state index is 11.3. The van der Waals surface area contributed by atoms with Crippen molar-refractivity contribution < 1.29 is 24.7 Å². The number of benzene rings is 3. The zero-order chi connectivity index (χ0) is 37.6. The summed E-state index contributed by atoms with van der Waals surface area (Å²) in [7, 11) is 5.81. The average Bonchev–Trinajstić information content (AvgIpc) is 3.75. The molecule has 2 unspecified atom stereocenters. The molecule has 3 heterocycles. The molecule has 3 aromatic heterocycles. The molecule has 3 aromatic carbocycles. The molecule has 270 valence electrons. The molecule has 0 aliphatic carbocycles. The fourth-order valence-corrected chi connectivity index (χ4v) is 7.06. The van der Waals surface area contributed by atoms with Crippen molar-refractivity contribution in [2.75, 3.05) is 18.8 Å². The maximum atomic E-state index is 11.3. The summed E-state index contributed by atoms with van der Waals surface area (Å²) in [5.41, 5.74) is 15.8. The van der Waals surface area contributed by atoms with Gasteiger partial charge in [0.25, 0.3) is 5.69 Å².